The van der Waals surface area contributed by atoms with E-state index in [1.165, 1.54) is 21.6 Å². The summed E-state index contributed by atoms with van der Waals surface area (Å²) in [4.78, 5) is 43.4. The van der Waals surface area contributed by atoms with Crippen molar-refractivity contribution < 1.29 is 9.72 Å². The van der Waals surface area contributed by atoms with Crippen LogP contribution in [0.2, 0.25) is 10.0 Å². The number of carbonyl (C=O) groups excluding carboxylic acids is 1. The lowest BCUT2D eigenvalue weighted by molar-refractivity contribution is -0.384. The summed E-state index contributed by atoms with van der Waals surface area (Å²) in [5.74, 6) is -0.157. The normalized spacial score (nSPS) is 11.9. The minimum Gasteiger partial charge on any atom is -0.332 e. The first-order valence-electron chi connectivity index (χ1n) is 10.6. The molecule has 0 spiro atoms. The molecule has 0 aliphatic heterocycles. The van der Waals surface area contributed by atoms with E-state index in [-0.39, 0.29) is 21.8 Å². The molecule has 0 aliphatic carbocycles. The summed E-state index contributed by atoms with van der Waals surface area (Å²) in [6.45, 7) is 3.68. The van der Waals surface area contributed by atoms with E-state index in [0.29, 0.717) is 27.4 Å². The number of amides is 1. The van der Waals surface area contributed by atoms with Crippen LogP contribution >= 0.6 is 23.2 Å². The largest absolute Gasteiger partial charge is 0.332 e. The number of rotatable bonds is 5. The summed E-state index contributed by atoms with van der Waals surface area (Å²) in [6.07, 6.45) is 0. The molecule has 0 fully saturated rings. The quantitative estimate of drug-likeness (QED) is 0.251. The molecule has 0 N–H and O–H groups in total. The number of fused-ring (bicyclic) bond motifs is 1. The maximum atomic E-state index is 13.6. The molecule has 0 radical (unpaired) electrons. The van der Waals surface area contributed by atoms with E-state index in [4.69, 9.17) is 28.2 Å². The molecule has 4 rings (SSSR count). The molecule has 4 aromatic rings. The highest BCUT2D eigenvalue weighted by atomic mass is 35.5. The van der Waals surface area contributed by atoms with Gasteiger partial charge in [0, 0.05) is 24.2 Å². The molecule has 0 saturated heterocycles. The van der Waals surface area contributed by atoms with Crippen LogP contribution < -0.4 is 5.56 Å². The Morgan fingerprint density at radius 2 is 1.77 bits per heavy atom. The molecule has 0 aliphatic rings. The number of non-ortho nitro benzene ring substituents is 1. The molecule has 1 unspecified atom stereocenters. The van der Waals surface area contributed by atoms with Crippen LogP contribution in [0.15, 0.2) is 65.5 Å². The van der Waals surface area contributed by atoms with Crippen LogP contribution in [0.3, 0.4) is 0 Å². The summed E-state index contributed by atoms with van der Waals surface area (Å²) in [7, 11) is 1.55. The predicted octanol–water partition coefficient (Wildman–Crippen LogP) is 5.74. The van der Waals surface area contributed by atoms with Gasteiger partial charge in [-0.2, -0.15) is 0 Å². The Bertz CT molecular complexity index is 1530. The van der Waals surface area contributed by atoms with Crippen LogP contribution in [0, 0.1) is 17.0 Å². The number of aromatic nitrogens is 2. The van der Waals surface area contributed by atoms with E-state index in [0.717, 1.165) is 11.6 Å². The molecule has 178 valence electrons. The standard InChI is InChI=1S/C25H20Cl2N4O4/c1-14-4-7-17(8-5-14)30-23(28-22-12-16(26)6-10-20(22)25(30)33)15(2)29(3)24(32)19-11-9-18(31(34)35)13-21(19)27/h4-13,15H,1-3H3. The third-order valence-electron chi connectivity index (χ3n) is 5.82. The second-order valence-corrected chi connectivity index (χ2v) is 8.96. The van der Waals surface area contributed by atoms with Crippen LogP contribution in [-0.2, 0) is 0 Å². The molecular weight excluding hydrogens is 491 g/mol. The fourth-order valence-corrected chi connectivity index (χ4v) is 4.15. The lowest BCUT2D eigenvalue weighted by Crippen LogP contribution is -2.35. The van der Waals surface area contributed by atoms with Crippen LogP contribution in [0.25, 0.3) is 16.6 Å². The van der Waals surface area contributed by atoms with Crippen LogP contribution in [-0.4, -0.2) is 32.3 Å². The van der Waals surface area contributed by atoms with Crippen LogP contribution in [0.4, 0.5) is 5.69 Å². The number of carbonyl (C=O) groups is 1. The van der Waals surface area contributed by atoms with E-state index >= 15 is 0 Å². The molecule has 1 atom stereocenters. The Morgan fingerprint density at radius 1 is 1.09 bits per heavy atom. The summed E-state index contributed by atoms with van der Waals surface area (Å²) >= 11 is 12.3. The van der Waals surface area contributed by atoms with E-state index < -0.39 is 16.9 Å². The molecule has 0 bridgehead atoms. The van der Waals surface area contributed by atoms with Gasteiger partial charge in [-0.25, -0.2) is 4.98 Å². The zero-order valence-electron chi connectivity index (χ0n) is 19.0. The number of hydrogen-bond donors (Lipinski definition) is 0. The van der Waals surface area contributed by atoms with Crippen molar-refractivity contribution >= 4 is 45.7 Å². The minimum atomic E-state index is -0.675. The van der Waals surface area contributed by atoms with Crippen molar-refractivity contribution in [2.45, 2.75) is 19.9 Å². The number of nitro benzene ring substituents is 1. The van der Waals surface area contributed by atoms with Crippen LogP contribution in [0.1, 0.15) is 34.7 Å². The van der Waals surface area contributed by atoms with Gasteiger partial charge < -0.3 is 4.90 Å². The number of halogens is 2. The zero-order chi connectivity index (χ0) is 25.4. The Kier molecular flexibility index (Phi) is 6.60. The van der Waals surface area contributed by atoms with Crippen molar-refractivity contribution in [3.05, 3.63) is 108 Å². The molecule has 10 heteroatoms. The van der Waals surface area contributed by atoms with E-state index in [2.05, 4.69) is 0 Å². The van der Waals surface area contributed by atoms with Gasteiger partial charge in [-0.15, -0.1) is 0 Å². The summed E-state index contributed by atoms with van der Waals surface area (Å²) in [5.41, 5.74) is 1.61. The van der Waals surface area contributed by atoms with Crippen molar-refractivity contribution in [1.29, 1.82) is 0 Å². The maximum Gasteiger partial charge on any atom is 0.270 e. The second-order valence-electron chi connectivity index (χ2n) is 8.12. The van der Waals surface area contributed by atoms with Gasteiger partial charge in [0.05, 0.1) is 38.1 Å². The van der Waals surface area contributed by atoms with Gasteiger partial charge in [0.15, 0.2) is 0 Å². The summed E-state index contributed by atoms with van der Waals surface area (Å²) < 4.78 is 1.47. The topological polar surface area (TPSA) is 98.3 Å². The lowest BCUT2D eigenvalue weighted by atomic mass is 10.1. The molecule has 8 nitrogen and oxygen atoms in total. The van der Waals surface area contributed by atoms with Gasteiger partial charge in [-0.05, 0) is 50.2 Å². The first kappa shape index (κ1) is 24.4. The smallest absolute Gasteiger partial charge is 0.270 e. The van der Waals surface area contributed by atoms with Gasteiger partial charge in [-0.1, -0.05) is 40.9 Å². The predicted molar refractivity (Wildman–Crippen MR) is 136 cm³/mol. The lowest BCUT2D eigenvalue weighted by Gasteiger charge is -2.27. The van der Waals surface area contributed by atoms with E-state index in [1.807, 2.05) is 31.2 Å². The monoisotopic (exact) mass is 510 g/mol. The minimum absolute atomic E-state index is 0.0440. The molecule has 1 aromatic heterocycles. The van der Waals surface area contributed by atoms with E-state index in [9.17, 15) is 19.7 Å². The SMILES string of the molecule is Cc1ccc(-n2c(C(C)N(C)C(=O)c3ccc([N+](=O)[O-])cc3Cl)nc3cc(Cl)ccc3c2=O)cc1. The van der Waals surface area contributed by atoms with E-state index in [1.54, 1.807) is 32.2 Å². The number of benzene rings is 3. The van der Waals surface area contributed by atoms with Crippen molar-refractivity contribution in [3.63, 3.8) is 0 Å². The third kappa shape index (κ3) is 4.62. The highest BCUT2D eigenvalue weighted by Crippen LogP contribution is 2.28. The maximum absolute atomic E-state index is 13.6. The summed E-state index contributed by atoms with van der Waals surface area (Å²) in [5, 5.41) is 11.8. The zero-order valence-corrected chi connectivity index (χ0v) is 20.5. The van der Waals surface area contributed by atoms with Gasteiger partial charge in [-0.3, -0.25) is 24.3 Å². The van der Waals surface area contributed by atoms with Crippen molar-refractivity contribution in [1.82, 2.24) is 14.5 Å². The number of nitro groups is 1. The Labute approximate surface area is 210 Å². The Morgan fingerprint density at radius 3 is 2.40 bits per heavy atom. The molecule has 0 saturated carbocycles. The Balaban J connectivity index is 1.85. The third-order valence-corrected chi connectivity index (χ3v) is 6.37. The number of hydrogen-bond acceptors (Lipinski definition) is 5. The van der Waals surface area contributed by atoms with Gasteiger partial charge in [0.1, 0.15) is 5.82 Å². The fourth-order valence-electron chi connectivity index (χ4n) is 3.73. The average Bonchev–Trinajstić information content (AvgIpc) is 2.83. The highest BCUT2D eigenvalue weighted by molar-refractivity contribution is 6.34. The second kappa shape index (κ2) is 9.48. The van der Waals surface area contributed by atoms with Gasteiger partial charge in [0.2, 0.25) is 0 Å². The number of nitrogens with zero attached hydrogens (tertiary/aromatic N) is 4. The molecule has 35 heavy (non-hydrogen) atoms. The average molecular weight is 511 g/mol. The molecule has 1 amide bonds. The molecule has 3 aromatic carbocycles. The first-order valence-corrected chi connectivity index (χ1v) is 11.3. The van der Waals surface area contributed by atoms with Gasteiger partial charge >= 0.3 is 0 Å². The molecule has 1 heterocycles. The highest BCUT2D eigenvalue weighted by Gasteiger charge is 2.27. The first-order chi connectivity index (χ1) is 16.6. The van der Waals surface area contributed by atoms with Crippen molar-refractivity contribution in [3.8, 4) is 5.69 Å². The molecular formula is C25H20Cl2N4O4. The number of aryl methyl sites for hydroxylation is 1. The van der Waals surface area contributed by atoms with Crippen molar-refractivity contribution in [2.24, 2.45) is 0 Å². The van der Waals surface area contributed by atoms with Crippen LogP contribution in [0.5, 0.6) is 0 Å². The van der Waals surface area contributed by atoms with Crippen molar-refractivity contribution in [2.75, 3.05) is 7.05 Å². The fraction of sp³-hybridized carbons (Fsp3) is 0.160. The Hall–Kier alpha value is -3.75. The summed E-state index contributed by atoms with van der Waals surface area (Å²) in [6, 6.07) is 15.2. The van der Waals surface area contributed by atoms with Gasteiger partial charge in [0.25, 0.3) is 17.2 Å².